The van der Waals surface area contributed by atoms with Crippen molar-refractivity contribution in [3.05, 3.63) is 94.5 Å². The van der Waals surface area contributed by atoms with Gasteiger partial charge in [0.05, 0.1) is 12.1 Å². The molecule has 1 unspecified atom stereocenters. The van der Waals surface area contributed by atoms with Gasteiger partial charge in [0.25, 0.3) is 11.8 Å². The van der Waals surface area contributed by atoms with Crippen molar-refractivity contribution in [2.24, 2.45) is 0 Å². The molecule has 1 aliphatic heterocycles. The number of carbonyl (C=O) groups excluding carboxylic acids is 3. The van der Waals surface area contributed by atoms with Gasteiger partial charge in [-0.3, -0.25) is 24.7 Å². The van der Waals surface area contributed by atoms with Crippen LogP contribution in [0, 0.1) is 13.8 Å². The smallest absolute Gasteiger partial charge is 0.269 e. The Morgan fingerprint density at radius 1 is 1.00 bits per heavy atom. The summed E-state index contributed by atoms with van der Waals surface area (Å²) in [7, 11) is 0. The summed E-state index contributed by atoms with van der Waals surface area (Å²) in [5.41, 5.74) is 6.22. The van der Waals surface area contributed by atoms with Crippen molar-refractivity contribution in [2.45, 2.75) is 26.3 Å². The minimum Gasteiger partial charge on any atom is -0.326 e. The van der Waals surface area contributed by atoms with Gasteiger partial charge in [-0.2, -0.15) is 0 Å². The fraction of sp³-hybridized carbons (Fsp3) is 0.154. The van der Waals surface area contributed by atoms with Gasteiger partial charge in [0, 0.05) is 16.3 Å². The number of nitrogens with zero attached hydrogens (tertiary/aromatic N) is 2. The largest absolute Gasteiger partial charge is 0.326 e. The van der Waals surface area contributed by atoms with E-state index in [0.29, 0.717) is 22.0 Å². The average molecular weight is 507 g/mol. The zero-order chi connectivity index (χ0) is 25.1. The molecule has 35 heavy (non-hydrogen) atoms. The van der Waals surface area contributed by atoms with E-state index in [0.717, 1.165) is 11.1 Å². The highest BCUT2D eigenvalue weighted by Crippen LogP contribution is 2.27. The van der Waals surface area contributed by atoms with Crippen molar-refractivity contribution < 1.29 is 14.4 Å². The van der Waals surface area contributed by atoms with E-state index in [9.17, 15) is 14.4 Å². The van der Waals surface area contributed by atoms with Crippen molar-refractivity contribution >= 4 is 58.0 Å². The van der Waals surface area contributed by atoms with E-state index in [2.05, 4.69) is 10.7 Å². The molecule has 4 rings (SSSR count). The number of anilines is 2. The van der Waals surface area contributed by atoms with Crippen LogP contribution in [0.4, 0.5) is 11.4 Å². The predicted octanol–water partition coefficient (Wildman–Crippen LogP) is 4.63. The summed E-state index contributed by atoms with van der Waals surface area (Å²) >= 11 is 11.5. The third kappa shape index (κ3) is 5.34. The monoisotopic (exact) mass is 506 g/mol. The average Bonchev–Trinajstić information content (AvgIpc) is 3.05. The summed E-state index contributed by atoms with van der Waals surface area (Å²) < 4.78 is 0. The normalized spacial score (nSPS) is 15.3. The van der Waals surface area contributed by atoms with Gasteiger partial charge < -0.3 is 5.32 Å². The van der Waals surface area contributed by atoms with Crippen LogP contribution in [0.2, 0.25) is 5.02 Å². The Bertz CT molecular complexity index is 1300. The molecule has 178 valence electrons. The van der Waals surface area contributed by atoms with Gasteiger partial charge >= 0.3 is 0 Å². The van der Waals surface area contributed by atoms with Crippen LogP contribution in [0.1, 0.15) is 27.9 Å². The highest BCUT2D eigenvalue weighted by molar-refractivity contribution is 7.80. The molecular formula is C26H23ClN4O3S. The van der Waals surface area contributed by atoms with E-state index in [1.165, 1.54) is 9.91 Å². The fourth-order valence-electron chi connectivity index (χ4n) is 3.82. The minimum atomic E-state index is -1.02. The molecule has 1 atom stereocenters. The van der Waals surface area contributed by atoms with Gasteiger partial charge in [0.1, 0.15) is 6.04 Å². The van der Waals surface area contributed by atoms with Gasteiger partial charge in [-0.15, -0.1) is 0 Å². The van der Waals surface area contributed by atoms with Crippen LogP contribution in [0.15, 0.2) is 72.8 Å². The number of hydrazine groups is 1. The molecule has 1 fully saturated rings. The summed E-state index contributed by atoms with van der Waals surface area (Å²) in [5.74, 6) is -1.27. The van der Waals surface area contributed by atoms with Crippen LogP contribution >= 0.6 is 23.8 Å². The van der Waals surface area contributed by atoms with E-state index >= 15 is 0 Å². The van der Waals surface area contributed by atoms with Crippen LogP contribution in [-0.2, 0) is 9.59 Å². The molecule has 0 bridgehead atoms. The number of carbonyl (C=O) groups is 3. The number of para-hydroxylation sites is 1. The van der Waals surface area contributed by atoms with Crippen LogP contribution in [0.5, 0.6) is 0 Å². The molecule has 1 aliphatic rings. The van der Waals surface area contributed by atoms with E-state index < -0.39 is 17.9 Å². The number of hydrogen-bond acceptors (Lipinski definition) is 4. The number of benzene rings is 3. The molecule has 3 amide bonds. The molecule has 0 saturated carbocycles. The first-order chi connectivity index (χ1) is 16.7. The summed E-state index contributed by atoms with van der Waals surface area (Å²) in [6.07, 6.45) is -0.212. The Hall–Kier alpha value is -3.75. The Kier molecular flexibility index (Phi) is 7.14. The third-order valence-corrected chi connectivity index (χ3v) is 6.22. The van der Waals surface area contributed by atoms with Gasteiger partial charge in [0.2, 0.25) is 11.0 Å². The molecule has 2 N–H and O–H groups in total. The van der Waals surface area contributed by atoms with E-state index in [4.69, 9.17) is 23.8 Å². The molecule has 1 saturated heterocycles. The molecule has 3 aromatic rings. The molecule has 0 radical (unpaired) electrons. The van der Waals surface area contributed by atoms with Crippen molar-refractivity contribution in [2.75, 3.05) is 10.2 Å². The lowest BCUT2D eigenvalue weighted by atomic mass is 10.1. The molecule has 0 spiro atoms. The molecule has 0 aromatic heterocycles. The second-order valence-corrected chi connectivity index (χ2v) is 9.00. The SMILES string of the molecule is Cc1ccc(NC(=O)CC2C(=O)N(c3ccccc3)C(=S)N2NC(=O)c2ccc(Cl)cc2)c(C)c1. The zero-order valence-corrected chi connectivity index (χ0v) is 20.7. The summed E-state index contributed by atoms with van der Waals surface area (Å²) in [4.78, 5) is 40.6. The number of nitrogens with one attached hydrogen (secondary N) is 2. The number of hydrogen-bond donors (Lipinski definition) is 2. The lowest BCUT2D eigenvalue weighted by Crippen LogP contribution is -2.49. The summed E-state index contributed by atoms with van der Waals surface area (Å²) in [5, 5.41) is 4.71. The lowest BCUT2D eigenvalue weighted by Gasteiger charge is -2.24. The van der Waals surface area contributed by atoms with Crippen molar-refractivity contribution in [3.8, 4) is 0 Å². The maximum atomic E-state index is 13.4. The number of aryl methyl sites for hydroxylation is 2. The molecule has 3 aromatic carbocycles. The highest BCUT2D eigenvalue weighted by Gasteiger charge is 2.45. The Morgan fingerprint density at radius 3 is 2.34 bits per heavy atom. The Balaban J connectivity index is 1.59. The molecule has 9 heteroatoms. The van der Waals surface area contributed by atoms with Crippen LogP contribution in [0.3, 0.4) is 0 Å². The number of amides is 3. The number of thiocarbonyl (C=S) groups is 1. The first-order valence-electron chi connectivity index (χ1n) is 10.9. The van der Waals surface area contributed by atoms with Crippen LogP contribution in [0.25, 0.3) is 0 Å². The third-order valence-electron chi connectivity index (χ3n) is 5.59. The Labute approximate surface area is 213 Å². The molecule has 0 aliphatic carbocycles. The molecular weight excluding hydrogens is 484 g/mol. The first-order valence-corrected chi connectivity index (χ1v) is 11.7. The number of rotatable bonds is 6. The second-order valence-electron chi connectivity index (χ2n) is 8.20. The fourth-order valence-corrected chi connectivity index (χ4v) is 4.31. The van der Waals surface area contributed by atoms with E-state index in [-0.39, 0.29) is 17.4 Å². The van der Waals surface area contributed by atoms with Crippen LogP contribution < -0.4 is 15.6 Å². The van der Waals surface area contributed by atoms with E-state index in [1.54, 1.807) is 48.5 Å². The van der Waals surface area contributed by atoms with Gasteiger partial charge in [0.15, 0.2) is 0 Å². The molecule has 1 heterocycles. The topological polar surface area (TPSA) is 81.8 Å². The standard InChI is InChI=1S/C26H23ClN4O3S/c1-16-8-13-21(17(2)14-16)28-23(32)15-22-25(34)30(20-6-4-3-5-7-20)26(35)31(22)29-24(33)18-9-11-19(27)12-10-18/h3-14,22H,15H2,1-2H3,(H,28,32)(H,29,33). The Morgan fingerprint density at radius 2 is 1.69 bits per heavy atom. The molecule has 7 nitrogen and oxygen atoms in total. The van der Waals surface area contributed by atoms with Gasteiger partial charge in [-0.1, -0.05) is 47.5 Å². The zero-order valence-electron chi connectivity index (χ0n) is 19.1. The summed E-state index contributed by atoms with van der Waals surface area (Å²) in [6, 6.07) is 19.8. The quantitative estimate of drug-likeness (QED) is 0.476. The maximum Gasteiger partial charge on any atom is 0.269 e. The minimum absolute atomic E-state index is 0.0767. The lowest BCUT2D eigenvalue weighted by molar-refractivity contribution is -0.124. The van der Waals surface area contributed by atoms with Crippen molar-refractivity contribution in [1.82, 2.24) is 10.4 Å². The van der Waals surface area contributed by atoms with E-state index in [1.807, 2.05) is 38.1 Å². The van der Waals surface area contributed by atoms with Crippen molar-refractivity contribution in [3.63, 3.8) is 0 Å². The highest BCUT2D eigenvalue weighted by atomic mass is 35.5. The summed E-state index contributed by atoms with van der Waals surface area (Å²) in [6.45, 7) is 3.87. The first kappa shape index (κ1) is 24.4. The number of halogens is 1. The second kappa shape index (κ2) is 10.2. The van der Waals surface area contributed by atoms with Crippen LogP contribution in [-0.4, -0.2) is 33.9 Å². The van der Waals surface area contributed by atoms with Gasteiger partial charge in [-0.05, 0) is 74.1 Å². The van der Waals surface area contributed by atoms with Gasteiger partial charge in [-0.25, -0.2) is 5.01 Å². The van der Waals surface area contributed by atoms with Crippen molar-refractivity contribution in [1.29, 1.82) is 0 Å². The predicted molar refractivity (Wildman–Crippen MR) is 140 cm³/mol. The maximum absolute atomic E-state index is 13.4.